The van der Waals surface area contributed by atoms with E-state index in [9.17, 15) is 4.79 Å². The quantitative estimate of drug-likeness (QED) is 0.734. The lowest BCUT2D eigenvalue weighted by Gasteiger charge is -2.11. The highest BCUT2D eigenvalue weighted by molar-refractivity contribution is 5.97. The summed E-state index contributed by atoms with van der Waals surface area (Å²) in [4.78, 5) is 11.0. The molecule has 2 aromatic rings. The fraction of sp³-hybridized carbons (Fsp3) is 0.0714. The molecule has 0 aromatic heterocycles. The highest BCUT2D eigenvalue weighted by Crippen LogP contribution is 2.27. The van der Waals surface area contributed by atoms with Crippen molar-refractivity contribution in [3.05, 3.63) is 48.0 Å². The fourth-order valence-corrected chi connectivity index (χ4v) is 1.72. The van der Waals surface area contributed by atoms with Crippen molar-refractivity contribution in [3.8, 4) is 5.75 Å². The third-order valence-electron chi connectivity index (χ3n) is 2.69. The molecule has 0 spiro atoms. The van der Waals surface area contributed by atoms with Crippen LogP contribution >= 0.6 is 0 Å². The van der Waals surface area contributed by atoms with E-state index in [0.29, 0.717) is 11.4 Å². The summed E-state index contributed by atoms with van der Waals surface area (Å²) in [5, 5.41) is 12.1. The maximum absolute atomic E-state index is 11.0. The number of anilines is 3. The Morgan fingerprint density at radius 2 is 2.00 bits per heavy atom. The first-order valence-corrected chi connectivity index (χ1v) is 5.64. The number of ether oxygens (including phenoxy) is 1. The molecule has 2 aromatic carbocycles. The molecule has 0 saturated carbocycles. The molecule has 0 aliphatic carbocycles. The van der Waals surface area contributed by atoms with Gasteiger partial charge in [0.1, 0.15) is 5.75 Å². The summed E-state index contributed by atoms with van der Waals surface area (Å²) in [6.45, 7) is 0. The molecule has 19 heavy (non-hydrogen) atoms. The first kappa shape index (κ1) is 12.8. The number of methoxy groups -OCH3 is 1. The summed E-state index contributed by atoms with van der Waals surface area (Å²) in [6, 6.07) is 12.1. The fourth-order valence-electron chi connectivity index (χ4n) is 1.72. The Balaban J connectivity index is 2.33. The van der Waals surface area contributed by atoms with Gasteiger partial charge >= 0.3 is 5.97 Å². The largest absolute Gasteiger partial charge is 0.497 e. The van der Waals surface area contributed by atoms with E-state index in [-0.39, 0.29) is 11.3 Å². The number of carboxylic acids is 1. The Hall–Kier alpha value is -2.69. The number of hydrogen-bond acceptors (Lipinski definition) is 4. The van der Waals surface area contributed by atoms with Crippen LogP contribution in [0.5, 0.6) is 5.75 Å². The van der Waals surface area contributed by atoms with Gasteiger partial charge in [0, 0.05) is 11.8 Å². The van der Waals surface area contributed by atoms with Crippen molar-refractivity contribution in [2.24, 2.45) is 0 Å². The van der Waals surface area contributed by atoms with Gasteiger partial charge in [0.15, 0.2) is 0 Å². The lowest BCUT2D eigenvalue weighted by molar-refractivity contribution is 0.0698. The van der Waals surface area contributed by atoms with E-state index in [4.69, 9.17) is 15.6 Å². The number of nitrogens with one attached hydrogen (secondary N) is 1. The molecule has 5 heteroatoms. The zero-order chi connectivity index (χ0) is 13.8. The Kier molecular flexibility index (Phi) is 3.56. The van der Waals surface area contributed by atoms with Crippen molar-refractivity contribution in [1.82, 2.24) is 0 Å². The molecular formula is C14H14N2O3. The van der Waals surface area contributed by atoms with E-state index in [1.165, 1.54) is 6.07 Å². The maximum Gasteiger partial charge on any atom is 0.337 e. The van der Waals surface area contributed by atoms with E-state index >= 15 is 0 Å². The number of benzene rings is 2. The second-order valence-corrected chi connectivity index (χ2v) is 3.93. The Bertz CT molecular complexity index is 611. The summed E-state index contributed by atoms with van der Waals surface area (Å²) in [5.41, 5.74) is 7.43. The smallest absolute Gasteiger partial charge is 0.337 e. The molecule has 2 rings (SSSR count). The van der Waals surface area contributed by atoms with Gasteiger partial charge < -0.3 is 20.9 Å². The average Bonchev–Trinajstić information content (AvgIpc) is 2.41. The number of nitrogens with two attached hydrogens (primary N) is 1. The second-order valence-electron chi connectivity index (χ2n) is 3.93. The Morgan fingerprint density at radius 1 is 1.26 bits per heavy atom. The van der Waals surface area contributed by atoms with Crippen molar-refractivity contribution >= 4 is 23.0 Å². The van der Waals surface area contributed by atoms with Crippen LogP contribution in [0.3, 0.4) is 0 Å². The summed E-state index contributed by atoms with van der Waals surface area (Å²) < 4.78 is 5.12. The normalized spacial score (nSPS) is 9.95. The van der Waals surface area contributed by atoms with E-state index in [2.05, 4.69) is 5.32 Å². The third kappa shape index (κ3) is 2.77. The summed E-state index contributed by atoms with van der Waals surface area (Å²) in [7, 11) is 1.58. The van der Waals surface area contributed by atoms with Crippen molar-refractivity contribution < 1.29 is 14.6 Å². The number of nitrogen functional groups attached to an aromatic ring is 1. The minimum atomic E-state index is -1.05. The van der Waals surface area contributed by atoms with Crippen LogP contribution in [0.15, 0.2) is 42.5 Å². The minimum Gasteiger partial charge on any atom is -0.497 e. The Labute approximate surface area is 110 Å². The zero-order valence-corrected chi connectivity index (χ0v) is 10.4. The maximum atomic E-state index is 11.0. The van der Waals surface area contributed by atoms with Crippen LogP contribution in [0.25, 0.3) is 0 Å². The third-order valence-corrected chi connectivity index (χ3v) is 2.69. The molecule has 0 amide bonds. The molecule has 0 unspecified atom stereocenters. The zero-order valence-electron chi connectivity index (χ0n) is 10.4. The lowest BCUT2D eigenvalue weighted by atomic mass is 10.1. The highest BCUT2D eigenvalue weighted by Gasteiger charge is 2.11. The van der Waals surface area contributed by atoms with Gasteiger partial charge in [-0.1, -0.05) is 12.1 Å². The van der Waals surface area contributed by atoms with Crippen LogP contribution in [-0.2, 0) is 0 Å². The molecule has 0 fully saturated rings. The number of carboxylic acid groups (broad SMARTS) is 1. The first-order chi connectivity index (χ1) is 9.11. The van der Waals surface area contributed by atoms with E-state index in [1.54, 1.807) is 25.3 Å². The van der Waals surface area contributed by atoms with Gasteiger partial charge in [-0.3, -0.25) is 0 Å². The topological polar surface area (TPSA) is 84.6 Å². The SMILES string of the molecule is COc1cccc(Nc2cccc(C(=O)O)c2N)c1. The summed E-state index contributed by atoms with van der Waals surface area (Å²) >= 11 is 0. The van der Waals surface area contributed by atoms with Crippen molar-refractivity contribution in [3.63, 3.8) is 0 Å². The predicted octanol–water partition coefficient (Wildman–Crippen LogP) is 2.72. The molecule has 0 bridgehead atoms. The van der Waals surface area contributed by atoms with Crippen molar-refractivity contribution in [2.75, 3.05) is 18.2 Å². The van der Waals surface area contributed by atoms with Gasteiger partial charge in [-0.05, 0) is 24.3 Å². The summed E-state index contributed by atoms with van der Waals surface area (Å²) in [6.07, 6.45) is 0. The van der Waals surface area contributed by atoms with Crippen molar-refractivity contribution in [2.45, 2.75) is 0 Å². The van der Waals surface area contributed by atoms with Crippen LogP contribution in [0, 0.1) is 0 Å². The molecule has 0 aliphatic heterocycles. The van der Waals surface area contributed by atoms with E-state index < -0.39 is 5.97 Å². The van der Waals surface area contributed by atoms with Gasteiger partial charge in [-0.15, -0.1) is 0 Å². The monoisotopic (exact) mass is 258 g/mol. The molecule has 4 N–H and O–H groups in total. The molecule has 5 nitrogen and oxygen atoms in total. The number of para-hydroxylation sites is 1. The molecule has 0 radical (unpaired) electrons. The van der Waals surface area contributed by atoms with Gasteiger partial charge in [0.05, 0.1) is 24.0 Å². The number of rotatable bonds is 4. The lowest BCUT2D eigenvalue weighted by Crippen LogP contribution is -2.05. The predicted molar refractivity (Wildman–Crippen MR) is 74.1 cm³/mol. The summed E-state index contributed by atoms with van der Waals surface area (Å²) in [5.74, 6) is -0.343. The molecular weight excluding hydrogens is 244 g/mol. The molecule has 0 heterocycles. The highest BCUT2D eigenvalue weighted by atomic mass is 16.5. The van der Waals surface area contributed by atoms with Gasteiger partial charge in [-0.25, -0.2) is 4.79 Å². The first-order valence-electron chi connectivity index (χ1n) is 5.64. The van der Waals surface area contributed by atoms with E-state index in [0.717, 1.165) is 5.69 Å². The number of hydrogen-bond donors (Lipinski definition) is 3. The van der Waals surface area contributed by atoms with Gasteiger partial charge in [0.2, 0.25) is 0 Å². The molecule has 0 saturated heterocycles. The van der Waals surface area contributed by atoms with Crippen LogP contribution in [0.4, 0.5) is 17.1 Å². The van der Waals surface area contributed by atoms with Crippen LogP contribution in [0.2, 0.25) is 0 Å². The van der Waals surface area contributed by atoms with Crippen LogP contribution < -0.4 is 15.8 Å². The number of aromatic carboxylic acids is 1. The molecule has 0 aliphatic rings. The molecule has 98 valence electrons. The Morgan fingerprint density at radius 3 is 2.68 bits per heavy atom. The van der Waals surface area contributed by atoms with E-state index in [1.807, 2.05) is 18.2 Å². The van der Waals surface area contributed by atoms with Crippen LogP contribution in [-0.4, -0.2) is 18.2 Å². The van der Waals surface area contributed by atoms with Crippen molar-refractivity contribution in [1.29, 1.82) is 0 Å². The molecule has 0 atom stereocenters. The average molecular weight is 258 g/mol. The van der Waals surface area contributed by atoms with Gasteiger partial charge in [-0.2, -0.15) is 0 Å². The van der Waals surface area contributed by atoms with Crippen LogP contribution in [0.1, 0.15) is 10.4 Å². The minimum absolute atomic E-state index is 0.0768. The number of carbonyl (C=O) groups is 1. The van der Waals surface area contributed by atoms with Gasteiger partial charge in [0.25, 0.3) is 0 Å². The standard InChI is InChI=1S/C14H14N2O3/c1-19-10-5-2-4-9(8-10)16-12-7-3-6-11(13(12)15)14(17)18/h2-8,16H,15H2,1H3,(H,17,18). The second kappa shape index (κ2) is 5.30.